The van der Waals surface area contributed by atoms with Crippen LogP contribution in [0.5, 0.6) is 0 Å². The predicted molar refractivity (Wildman–Crippen MR) is 78.5 cm³/mol. The number of rotatable bonds is 3. The van der Waals surface area contributed by atoms with Gasteiger partial charge >= 0.3 is 5.97 Å². The summed E-state index contributed by atoms with van der Waals surface area (Å²) >= 11 is 12.1. The normalized spacial score (nSPS) is 10.9. The molecule has 2 aromatic carbocycles. The lowest BCUT2D eigenvalue weighted by Crippen LogP contribution is -1.90. The maximum absolute atomic E-state index is 13.4. The topological polar surface area (TPSA) is 37.3 Å². The molecule has 0 saturated heterocycles. The number of carboxylic acid groups (broad SMARTS) is 1. The van der Waals surface area contributed by atoms with Gasteiger partial charge in [-0.25, -0.2) is 9.18 Å². The fourth-order valence-corrected chi connectivity index (χ4v) is 2.18. The minimum atomic E-state index is -1.09. The predicted octanol–water partition coefficient (Wildman–Crippen LogP) is 4.90. The molecule has 0 radical (unpaired) electrons. The van der Waals surface area contributed by atoms with Crippen LogP contribution in [0.1, 0.15) is 5.56 Å². The fourth-order valence-electron chi connectivity index (χ4n) is 1.78. The first-order chi connectivity index (χ1) is 9.49. The average Bonchev–Trinajstić information content (AvgIpc) is 2.40. The minimum absolute atomic E-state index is 0.296. The molecule has 1 N–H and O–H groups in total. The summed E-state index contributed by atoms with van der Waals surface area (Å²) in [4.78, 5) is 10.6. The van der Waals surface area contributed by atoms with Gasteiger partial charge in [0.15, 0.2) is 0 Å². The summed E-state index contributed by atoms with van der Waals surface area (Å²) < 4.78 is 13.4. The quantitative estimate of drug-likeness (QED) is 0.819. The monoisotopic (exact) mass is 310 g/mol. The van der Waals surface area contributed by atoms with Gasteiger partial charge in [-0.15, -0.1) is 0 Å². The number of hydrogen-bond donors (Lipinski definition) is 1. The summed E-state index contributed by atoms with van der Waals surface area (Å²) in [5.74, 6) is -1.53. The van der Waals surface area contributed by atoms with Crippen molar-refractivity contribution in [1.82, 2.24) is 0 Å². The van der Waals surface area contributed by atoms with E-state index in [0.717, 1.165) is 6.08 Å². The molecule has 0 aromatic heterocycles. The highest BCUT2D eigenvalue weighted by atomic mass is 35.5. The smallest absolute Gasteiger partial charge is 0.328 e. The van der Waals surface area contributed by atoms with Crippen molar-refractivity contribution in [3.05, 3.63) is 63.9 Å². The highest BCUT2D eigenvalue weighted by Gasteiger charge is 2.11. The molecule has 20 heavy (non-hydrogen) atoms. The third-order valence-electron chi connectivity index (χ3n) is 2.66. The summed E-state index contributed by atoms with van der Waals surface area (Å²) in [6.45, 7) is 0. The van der Waals surface area contributed by atoms with Crippen LogP contribution in [-0.4, -0.2) is 11.1 Å². The van der Waals surface area contributed by atoms with E-state index in [4.69, 9.17) is 28.3 Å². The van der Waals surface area contributed by atoms with Gasteiger partial charge in [0.25, 0.3) is 0 Å². The van der Waals surface area contributed by atoms with Crippen LogP contribution in [0.3, 0.4) is 0 Å². The zero-order valence-electron chi connectivity index (χ0n) is 10.1. The lowest BCUT2D eigenvalue weighted by molar-refractivity contribution is -0.131. The summed E-state index contributed by atoms with van der Waals surface area (Å²) in [6, 6.07) is 9.05. The number of benzene rings is 2. The molecule has 0 unspecified atom stereocenters. The number of carboxylic acids is 1. The maximum Gasteiger partial charge on any atom is 0.328 e. The Morgan fingerprint density at radius 2 is 1.90 bits per heavy atom. The molecule has 0 saturated carbocycles. The summed E-state index contributed by atoms with van der Waals surface area (Å²) in [5.41, 5.74) is 1.57. The van der Waals surface area contributed by atoms with Gasteiger partial charge in [0.05, 0.1) is 10.0 Å². The van der Waals surface area contributed by atoms with Crippen molar-refractivity contribution < 1.29 is 14.3 Å². The van der Waals surface area contributed by atoms with Crippen LogP contribution in [0.15, 0.2) is 42.5 Å². The second-order valence-electron chi connectivity index (χ2n) is 4.00. The van der Waals surface area contributed by atoms with Crippen LogP contribution in [0.4, 0.5) is 4.39 Å². The second kappa shape index (κ2) is 6.07. The molecule has 2 rings (SSSR count). The molecule has 0 bridgehead atoms. The van der Waals surface area contributed by atoms with Gasteiger partial charge < -0.3 is 5.11 Å². The SMILES string of the molecule is O=C(O)/C=C/c1ccc(F)cc1-c1cccc(Cl)c1Cl. The zero-order valence-corrected chi connectivity index (χ0v) is 11.6. The molecule has 2 nitrogen and oxygen atoms in total. The number of hydrogen-bond acceptors (Lipinski definition) is 1. The highest BCUT2D eigenvalue weighted by Crippen LogP contribution is 2.35. The van der Waals surface area contributed by atoms with E-state index < -0.39 is 11.8 Å². The van der Waals surface area contributed by atoms with Crippen LogP contribution >= 0.6 is 23.2 Å². The first-order valence-corrected chi connectivity index (χ1v) is 6.39. The molecule has 0 spiro atoms. The van der Waals surface area contributed by atoms with Gasteiger partial charge in [-0.2, -0.15) is 0 Å². The van der Waals surface area contributed by atoms with E-state index in [1.54, 1.807) is 18.2 Å². The Balaban J connectivity index is 2.63. The Morgan fingerprint density at radius 3 is 2.60 bits per heavy atom. The van der Waals surface area contributed by atoms with Gasteiger partial charge in [0.2, 0.25) is 0 Å². The largest absolute Gasteiger partial charge is 0.478 e. The van der Waals surface area contributed by atoms with Gasteiger partial charge in [-0.3, -0.25) is 0 Å². The minimum Gasteiger partial charge on any atom is -0.478 e. The molecule has 0 heterocycles. The maximum atomic E-state index is 13.4. The van der Waals surface area contributed by atoms with E-state index in [2.05, 4.69) is 0 Å². The second-order valence-corrected chi connectivity index (χ2v) is 4.79. The van der Waals surface area contributed by atoms with Crippen molar-refractivity contribution in [2.45, 2.75) is 0 Å². The molecular weight excluding hydrogens is 302 g/mol. The molecule has 2 aromatic rings. The third kappa shape index (κ3) is 3.18. The molecule has 5 heteroatoms. The molecule has 0 fully saturated rings. The van der Waals surface area contributed by atoms with Crippen LogP contribution in [0, 0.1) is 5.82 Å². The highest BCUT2D eigenvalue weighted by molar-refractivity contribution is 6.43. The molecule has 0 aliphatic rings. The van der Waals surface area contributed by atoms with E-state index in [1.165, 1.54) is 24.3 Å². The molecule has 0 aliphatic heterocycles. The Hall–Kier alpha value is -1.84. The van der Waals surface area contributed by atoms with E-state index in [-0.39, 0.29) is 0 Å². The van der Waals surface area contributed by atoms with Gasteiger partial charge in [-0.1, -0.05) is 41.4 Å². The summed E-state index contributed by atoms with van der Waals surface area (Å²) in [7, 11) is 0. The Morgan fingerprint density at radius 1 is 1.15 bits per heavy atom. The third-order valence-corrected chi connectivity index (χ3v) is 3.48. The van der Waals surface area contributed by atoms with E-state index >= 15 is 0 Å². The van der Waals surface area contributed by atoms with Crippen LogP contribution < -0.4 is 0 Å². The van der Waals surface area contributed by atoms with Gasteiger partial charge in [0, 0.05) is 11.6 Å². The Bertz CT molecular complexity index is 696. The fraction of sp³-hybridized carbons (Fsp3) is 0. The molecule has 0 aliphatic carbocycles. The van der Waals surface area contributed by atoms with E-state index in [0.29, 0.717) is 26.7 Å². The lowest BCUT2D eigenvalue weighted by atomic mass is 9.99. The van der Waals surface area contributed by atoms with Crippen molar-refractivity contribution in [3.63, 3.8) is 0 Å². The van der Waals surface area contributed by atoms with Crippen molar-refractivity contribution in [1.29, 1.82) is 0 Å². The Labute approximate surface area is 125 Å². The van der Waals surface area contributed by atoms with Crippen LogP contribution in [-0.2, 0) is 4.79 Å². The number of carbonyl (C=O) groups is 1. The van der Waals surface area contributed by atoms with Gasteiger partial charge in [-0.05, 0) is 35.4 Å². The van der Waals surface area contributed by atoms with E-state index in [1.807, 2.05) is 0 Å². The first kappa shape index (κ1) is 14.6. The lowest BCUT2D eigenvalue weighted by Gasteiger charge is -2.09. The number of aliphatic carboxylic acids is 1. The summed E-state index contributed by atoms with van der Waals surface area (Å²) in [5, 5.41) is 9.33. The van der Waals surface area contributed by atoms with Crippen LogP contribution in [0.2, 0.25) is 10.0 Å². The Kier molecular flexibility index (Phi) is 4.42. The first-order valence-electron chi connectivity index (χ1n) is 5.64. The van der Waals surface area contributed by atoms with Crippen molar-refractivity contribution in [3.8, 4) is 11.1 Å². The number of halogens is 3. The van der Waals surface area contributed by atoms with Crippen molar-refractivity contribution >= 4 is 35.2 Å². The molecule has 0 amide bonds. The van der Waals surface area contributed by atoms with Crippen LogP contribution in [0.25, 0.3) is 17.2 Å². The molecular formula is C15H9Cl2FO2. The summed E-state index contributed by atoms with van der Waals surface area (Å²) in [6.07, 6.45) is 2.36. The van der Waals surface area contributed by atoms with Gasteiger partial charge in [0.1, 0.15) is 5.82 Å². The molecule has 0 atom stereocenters. The van der Waals surface area contributed by atoms with Crippen molar-refractivity contribution in [2.24, 2.45) is 0 Å². The average molecular weight is 311 g/mol. The zero-order chi connectivity index (χ0) is 14.7. The molecule has 102 valence electrons. The van der Waals surface area contributed by atoms with Crippen molar-refractivity contribution in [2.75, 3.05) is 0 Å². The van der Waals surface area contributed by atoms with E-state index in [9.17, 15) is 9.18 Å². The standard InChI is InChI=1S/C15H9Cl2FO2/c16-13-3-1-2-11(15(13)17)12-8-10(18)6-4-9(12)5-7-14(19)20/h1-8H,(H,19,20)/b7-5+.